The van der Waals surface area contributed by atoms with Crippen LogP contribution in [-0.2, 0) is 9.59 Å². The number of para-hydroxylation sites is 1. The fourth-order valence-corrected chi connectivity index (χ4v) is 2.10. The van der Waals surface area contributed by atoms with Gasteiger partial charge in [-0.15, -0.1) is 0 Å². The van der Waals surface area contributed by atoms with Crippen LogP contribution in [0.2, 0.25) is 0 Å². The second-order valence-corrected chi connectivity index (χ2v) is 5.30. The van der Waals surface area contributed by atoms with Crippen LogP contribution in [0.3, 0.4) is 0 Å². The maximum absolute atomic E-state index is 12.5. The van der Waals surface area contributed by atoms with Gasteiger partial charge >= 0.3 is 0 Å². The Kier molecular flexibility index (Phi) is 5.31. The summed E-state index contributed by atoms with van der Waals surface area (Å²) in [6, 6.07) is 9.12. The minimum Gasteiger partial charge on any atom is -0.325 e. The standard InChI is InChI=1S/C19H20N2O2/c1-3-5-7-10-15(4-2)20-17(22)19(13-14-19)18(23)21-16-11-8-6-9-12-16/h3-12H,1-2,13-14H2,(H,20,22)(H,21,23)/b7-5-,15-10+. The molecule has 2 rings (SSSR count). The molecule has 1 fully saturated rings. The van der Waals surface area contributed by atoms with Crippen LogP contribution in [0.25, 0.3) is 0 Å². The summed E-state index contributed by atoms with van der Waals surface area (Å²) in [5.41, 5.74) is 0.247. The van der Waals surface area contributed by atoms with E-state index in [9.17, 15) is 9.59 Å². The van der Waals surface area contributed by atoms with Crippen molar-refractivity contribution in [2.45, 2.75) is 12.8 Å². The van der Waals surface area contributed by atoms with Crippen molar-refractivity contribution < 1.29 is 9.59 Å². The molecule has 0 atom stereocenters. The molecule has 1 saturated carbocycles. The Bertz CT molecular complexity index is 668. The SMILES string of the molecule is C=C/C=C\C=C(/C=C)NC(=O)C1(C(=O)Nc2ccccc2)CC1. The zero-order valence-electron chi connectivity index (χ0n) is 12.9. The first-order valence-electron chi connectivity index (χ1n) is 7.42. The van der Waals surface area contributed by atoms with Crippen LogP contribution in [0, 0.1) is 5.41 Å². The van der Waals surface area contributed by atoms with E-state index in [4.69, 9.17) is 0 Å². The second-order valence-electron chi connectivity index (χ2n) is 5.30. The van der Waals surface area contributed by atoms with E-state index in [1.54, 1.807) is 36.4 Å². The Morgan fingerprint density at radius 3 is 2.30 bits per heavy atom. The Labute approximate surface area is 136 Å². The summed E-state index contributed by atoms with van der Waals surface area (Å²) in [4.78, 5) is 24.9. The molecule has 0 aliphatic heterocycles. The molecule has 4 heteroatoms. The number of hydrogen-bond donors (Lipinski definition) is 2. The quantitative estimate of drug-likeness (QED) is 0.599. The third-order valence-electron chi connectivity index (χ3n) is 3.65. The Morgan fingerprint density at radius 1 is 1.04 bits per heavy atom. The minimum absolute atomic E-state index is 0.272. The largest absolute Gasteiger partial charge is 0.325 e. The molecule has 23 heavy (non-hydrogen) atoms. The number of hydrogen-bond acceptors (Lipinski definition) is 2. The molecular weight excluding hydrogens is 288 g/mol. The number of amides is 2. The van der Waals surface area contributed by atoms with Crippen LogP contribution >= 0.6 is 0 Å². The van der Waals surface area contributed by atoms with Crippen molar-refractivity contribution in [2.75, 3.05) is 5.32 Å². The lowest BCUT2D eigenvalue weighted by molar-refractivity contribution is -0.133. The highest BCUT2D eigenvalue weighted by atomic mass is 16.2. The number of benzene rings is 1. The average molecular weight is 308 g/mol. The van der Waals surface area contributed by atoms with Gasteiger partial charge in [0.25, 0.3) is 0 Å². The van der Waals surface area contributed by atoms with E-state index in [0.717, 1.165) is 0 Å². The van der Waals surface area contributed by atoms with Crippen molar-refractivity contribution in [1.82, 2.24) is 5.32 Å². The average Bonchev–Trinajstić information content (AvgIpc) is 3.37. The molecule has 0 bridgehead atoms. The van der Waals surface area contributed by atoms with Crippen molar-refractivity contribution in [1.29, 1.82) is 0 Å². The van der Waals surface area contributed by atoms with Crippen LogP contribution in [-0.4, -0.2) is 11.8 Å². The lowest BCUT2D eigenvalue weighted by Crippen LogP contribution is -2.39. The topological polar surface area (TPSA) is 58.2 Å². The Morgan fingerprint density at radius 2 is 1.74 bits per heavy atom. The smallest absolute Gasteiger partial charge is 0.240 e. The number of carbonyl (C=O) groups is 2. The van der Waals surface area contributed by atoms with E-state index < -0.39 is 5.41 Å². The molecule has 1 aromatic carbocycles. The molecule has 1 aliphatic carbocycles. The van der Waals surface area contributed by atoms with Gasteiger partial charge in [0, 0.05) is 11.4 Å². The van der Waals surface area contributed by atoms with Gasteiger partial charge in [0.15, 0.2) is 0 Å². The van der Waals surface area contributed by atoms with Gasteiger partial charge in [0.2, 0.25) is 11.8 Å². The summed E-state index contributed by atoms with van der Waals surface area (Å²) in [5, 5.41) is 5.55. The van der Waals surface area contributed by atoms with Crippen molar-refractivity contribution in [3.05, 3.63) is 79.6 Å². The lowest BCUT2D eigenvalue weighted by atomic mass is 10.0. The van der Waals surface area contributed by atoms with Gasteiger partial charge in [-0.2, -0.15) is 0 Å². The van der Waals surface area contributed by atoms with E-state index in [2.05, 4.69) is 23.8 Å². The number of anilines is 1. The van der Waals surface area contributed by atoms with Gasteiger partial charge in [-0.25, -0.2) is 0 Å². The highest BCUT2D eigenvalue weighted by molar-refractivity contribution is 6.13. The first-order valence-corrected chi connectivity index (χ1v) is 7.42. The number of nitrogens with one attached hydrogen (secondary N) is 2. The van der Waals surface area contributed by atoms with Crippen molar-refractivity contribution >= 4 is 17.5 Å². The molecule has 0 saturated heterocycles. The number of rotatable bonds is 7. The maximum Gasteiger partial charge on any atom is 0.240 e. The summed E-state index contributed by atoms with van der Waals surface area (Å²) in [6.07, 6.45) is 9.45. The van der Waals surface area contributed by atoms with Crippen molar-refractivity contribution in [3.63, 3.8) is 0 Å². The predicted octanol–water partition coefficient (Wildman–Crippen LogP) is 3.33. The molecule has 118 valence electrons. The van der Waals surface area contributed by atoms with Gasteiger partial charge in [-0.1, -0.05) is 49.6 Å². The molecule has 2 amide bonds. The molecule has 0 unspecified atom stereocenters. The highest BCUT2D eigenvalue weighted by Crippen LogP contribution is 2.47. The second kappa shape index (κ2) is 7.40. The van der Waals surface area contributed by atoms with E-state index in [0.29, 0.717) is 24.2 Å². The fraction of sp³-hybridized carbons (Fsp3) is 0.158. The predicted molar refractivity (Wildman–Crippen MR) is 92.5 cm³/mol. The van der Waals surface area contributed by atoms with Gasteiger partial charge in [0.1, 0.15) is 5.41 Å². The lowest BCUT2D eigenvalue weighted by Gasteiger charge is -2.15. The Hall–Kier alpha value is -2.88. The van der Waals surface area contributed by atoms with E-state index in [-0.39, 0.29) is 11.8 Å². The van der Waals surface area contributed by atoms with Crippen LogP contribution in [0.5, 0.6) is 0 Å². The van der Waals surface area contributed by atoms with Gasteiger partial charge in [-0.05, 0) is 37.1 Å². The molecule has 4 nitrogen and oxygen atoms in total. The maximum atomic E-state index is 12.5. The van der Waals surface area contributed by atoms with Gasteiger partial charge in [-0.3, -0.25) is 9.59 Å². The van der Waals surface area contributed by atoms with E-state index in [1.165, 1.54) is 6.08 Å². The number of allylic oxidation sites excluding steroid dienone is 5. The molecule has 0 radical (unpaired) electrons. The molecule has 0 heterocycles. The molecule has 2 N–H and O–H groups in total. The summed E-state index contributed by atoms with van der Waals surface area (Å²) in [7, 11) is 0. The zero-order chi connectivity index (χ0) is 16.7. The third kappa shape index (κ3) is 4.07. The summed E-state index contributed by atoms with van der Waals surface area (Å²) < 4.78 is 0. The molecule has 1 aromatic rings. The van der Waals surface area contributed by atoms with Crippen LogP contribution in [0.15, 0.2) is 79.6 Å². The van der Waals surface area contributed by atoms with Crippen molar-refractivity contribution in [3.8, 4) is 0 Å². The summed E-state index contributed by atoms with van der Waals surface area (Å²) >= 11 is 0. The highest BCUT2D eigenvalue weighted by Gasteiger charge is 2.56. The normalized spacial score (nSPS) is 15.7. The minimum atomic E-state index is -0.986. The summed E-state index contributed by atoms with van der Waals surface area (Å²) in [5.74, 6) is -0.574. The van der Waals surface area contributed by atoms with Crippen molar-refractivity contribution in [2.24, 2.45) is 5.41 Å². The summed E-state index contributed by atoms with van der Waals surface area (Å²) in [6.45, 7) is 7.24. The van der Waals surface area contributed by atoms with Crippen LogP contribution < -0.4 is 10.6 Å². The monoisotopic (exact) mass is 308 g/mol. The molecule has 0 spiro atoms. The molecular formula is C19H20N2O2. The number of carbonyl (C=O) groups excluding carboxylic acids is 2. The fourth-order valence-electron chi connectivity index (χ4n) is 2.10. The van der Waals surface area contributed by atoms with Crippen LogP contribution in [0.1, 0.15) is 12.8 Å². The molecule has 1 aliphatic rings. The zero-order valence-corrected chi connectivity index (χ0v) is 12.9. The van der Waals surface area contributed by atoms with E-state index in [1.807, 2.05) is 18.2 Å². The Balaban J connectivity index is 2.04. The van der Waals surface area contributed by atoms with E-state index >= 15 is 0 Å². The first-order chi connectivity index (χ1) is 11.1. The van der Waals surface area contributed by atoms with Gasteiger partial charge in [0.05, 0.1) is 0 Å². The van der Waals surface area contributed by atoms with Gasteiger partial charge < -0.3 is 10.6 Å². The molecule has 0 aromatic heterocycles. The first kappa shape index (κ1) is 16.5. The van der Waals surface area contributed by atoms with Crippen LogP contribution in [0.4, 0.5) is 5.69 Å². The third-order valence-corrected chi connectivity index (χ3v) is 3.65.